The third-order valence-corrected chi connectivity index (χ3v) is 17.4. The van der Waals surface area contributed by atoms with Gasteiger partial charge in [-0.05, 0) is 115 Å². The predicted octanol–water partition coefficient (Wildman–Crippen LogP) is 6.53. The number of aromatic amines is 1. The van der Waals surface area contributed by atoms with Gasteiger partial charge in [0.1, 0.15) is 30.1 Å². The number of nitrogens with zero attached hydrogens (tertiary/aromatic N) is 1. The molecular weight excluding hydrogens is 1010 g/mol. The average Bonchev–Trinajstić information content (AvgIpc) is 4.44. The molecule has 1 aliphatic carbocycles. The van der Waals surface area contributed by atoms with Gasteiger partial charge in [0.2, 0.25) is 23.3 Å². The second kappa shape index (κ2) is 27.6. The van der Waals surface area contributed by atoms with E-state index < -0.39 is 95.3 Å². The number of carbonyl (C=O) groups is 6. The average molecular weight is 1100 g/mol. The Morgan fingerprint density at radius 3 is 2.42 bits per heavy atom. The first-order valence-electron chi connectivity index (χ1n) is 29.2. The van der Waals surface area contributed by atoms with Gasteiger partial charge in [0.15, 0.2) is 17.7 Å². The van der Waals surface area contributed by atoms with Gasteiger partial charge in [-0.2, -0.15) is 0 Å². The molecule has 1 saturated carbocycles. The van der Waals surface area contributed by atoms with Gasteiger partial charge in [-0.1, -0.05) is 97.9 Å². The minimum absolute atomic E-state index is 0.00320. The quantitative estimate of drug-likeness (QED) is 0.0163. The predicted molar refractivity (Wildman–Crippen MR) is 300 cm³/mol. The number of rotatable bonds is 27. The maximum absolute atomic E-state index is 14.5. The van der Waals surface area contributed by atoms with Crippen LogP contribution in [0.15, 0.2) is 70.6 Å². The van der Waals surface area contributed by atoms with E-state index in [0.717, 1.165) is 36.8 Å². The molecule has 438 valence electrons. The number of amides is 3. The van der Waals surface area contributed by atoms with Crippen LogP contribution in [0.5, 0.6) is 0 Å². The molecule has 5 heterocycles. The van der Waals surface area contributed by atoms with Gasteiger partial charge in [0.25, 0.3) is 0 Å². The molecule has 1 spiro atoms. The molecule has 0 bridgehead atoms. The highest BCUT2D eigenvalue weighted by molar-refractivity contribution is 6.04. The summed E-state index contributed by atoms with van der Waals surface area (Å²) in [6.07, 6.45) is 13.2. The number of ether oxygens (including phenoxy) is 3. The van der Waals surface area contributed by atoms with E-state index >= 15 is 0 Å². The summed E-state index contributed by atoms with van der Waals surface area (Å²) >= 11 is 0. The molecule has 1 aromatic heterocycles. The first-order chi connectivity index (χ1) is 37.4. The van der Waals surface area contributed by atoms with Gasteiger partial charge in [0.05, 0.1) is 29.8 Å². The fourth-order valence-electron chi connectivity index (χ4n) is 12.0. The highest BCUT2D eigenvalue weighted by Gasteiger charge is 2.71. The number of carbonyl (C=O) groups excluding carboxylic acids is 6. The van der Waals surface area contributed by atoms with Crippen molar-refractivity contribution in [2.75, 3.05) is 6.54 Å². The summed E-state index contributed by atoms with van der Waals surface area (Å²) < 4.78 is 19.3. The molecule has 18 nitrogen and oxygen atoms in total. The largest absolute Gasteiger partial charge is 0.457 e. The van der Waals surface area contributed by atoms with Crippen LogP contribution < -0.4 is 26.9 Å². The van der Waals surface area contributed by atoms with Gasteiger partial charge in [-0.25, -0.2) is 10.4 Å². The zero-order valence-corrected chi connectivity index (χ0v) is 48.8. The zero-order valence-electron chi connectivity index (χ0n) is 48.8. The van der Waals surface area contributed by atoms with Gasteiger partial charge in [0, 0.05) is 60.7 Å². The first-order valence-corrected chi connectivity index (χ1v) is 29.2. The highest BCUT2D eigenvalue weighted by Crippen LogP contribution is 2.59. The Bertz CT molecular complexity index is 2520. The van der Waals surface area contributed by atoms with Crippen LogP contribution in [-0.4, -0.2) is 122 Å². The number of aliphatic hydroxyl groups excluding tert-OH is 2. The monoisotopic (exact) mass is 1100 g/mol. The number of epoxide rings is 1. The Labute approximate surface area is 467 Å². The molecule has 0 aromatic carbocycles. The summed E-state index contributed by atoms with van der Waals surface area (Å²) in [7, 11) is 0. The molecule has 17 atom stereocenters. The van der Waals surface area contributed by atoms with Crippen molar-refractivity contribution in [1.29, 1.82) is 0 Å². The van der Waals surface area contributed by atoms with E-state index in [4.69, 9.17) is 14.2 Å². The molecule has 5 aliphatic rings. The molecule has 0 radical (unpaired) electrons. The second-order valence-corrected chi connectivity index (χ2v) is 23.8. The third-order valence-electron chi connectivity index (χ3n) is 17.4. The van der Waals surface area contributed by atoms with E-state index in [0.29, 0.717) is 44.3 Å². The highest BCUT2D eigenvalue weighted by atomic mass is 16.6. The van der Waals surface area contributed by atoms with E-state index in [2.05, 4.69) is 52.4 Å². The van der Waals surface area contributed by atoms with Crippen LogP contribution in [0.2, 0.25) is 0 Å². The number of esters is 1. The third kappa shape index (κ3) is 15.3. The minimum atomic E-state index is -1.29. The second-order valence-electron chi connectivity index (χ2n) is 23.8. The lowest BCUT2D eigenvalue weighted by Gasteiger charge is -2.51. The molecule has 18 heteroatoms. The van der Waals surface area contributed by atoms with Crippen LogP contribution in [0.3, 0.4) is 0 Å². The Morgan fingerprint density at radius 1 is 1.03 bits per heavy atom. The van der Waals surface area contributed by atoms with Crippen molar-refractivity contribution < 1.29 is 53.2 Å². The molecule has 79 heavy (non-hydrogen) atoms. The topological polar surface area (TPSA) is 258 Å². The van der Waals surface area contributed by atoms with Crippen molar-refractivity contribution in [2.45, 2.75) is 220 Å². The zero-order chi connectivity index (χ0) is 58.1. The molecule has 1 aromatic rings. The van der Waals surface area contributed by atoms with Gasteiger partial charge in [-0.15, -0.1) is 0 Å². The lowest BCUT2D eigenvalue weighted by molar-refractivity contribution is -0.179. The molecule has 3 amide bonds. The summed E-state index contributed by atoms with van der Waals surface area (Å²) in [6.45, 7) is 22.9. The van der Waals surface area contributed by atoms with Crippen LogP contribution in [0.25, 0.3) is 0 Å². The number of nitrogens with one attached hydrogen (secondary N) is 5. The van der Waals surface area contributed by atoms with Gasteiger partial charge in [-0.3, -0.25) is 28.8 Å². The number of aromatic nitrogens is 1. The van der Waals surface area contributed by atoms with Crippen molar-refractivity contribution in [3.8, 4) is 0 Å². The van der Waals surface area contributed by atoms with Crippen molar-refractivity contribution in [2.24, 2.45) is 41.4 Å². The first kappa shape index (κ1) is 63.1. The number of aliphatic hydroxyl groups is 2. The molecule has 6 rings (SSSR count). The maximum Gasteiger partial charge on any atom is 0.325 e. The van der Waals surface area contributed by atoms with Crippen molar-refractivity contribution in [3.63, 3.8) is 0 Å². The smallest absolute Gasteiger partial charge is 0.325 e. The Balaban J connectivity index is 1.04. The lowest BCUT2D eigenvalue weighted by Crippen LogP contribution is -2.64. The lowest BCUT2D eigenvalue weighted by atomic mass is 9.75. The molecular formula is C61H92N6O12. The molecule has 5 unspecified atom stereocenters. The molecule has 7 N–H and O–H groups in total. The fraction of sp³-hybridized carbons (Fsp3) is 0.689. The number of ketones is 2. The number of H-pyrrole nitrogens is 1. The van der Waals surface area contributed by atoms with Crippen molar-refractivity contribution in [3.05, 3.63) is 81.8 Å². The Hall–Kier alpha value is -5.11. The SMILES string of the molecule is C/C=C/[C@H](O)[C@H](C)C(=O)[C@@H](CCC(C)=O)C(=O)N[C@H](C(=O)NC1(C2OC2N2CCCC(C(=O)O[C@@H](CC)/C(C)=C/C=C/CC[C@H](C)[C@@H](O)C[C@@H]3O[C@@]4(NC(=O)[C@@H](CC)C[C@@H]4C)C(C)=C[C@H]3C)N2)CC1c1cccc(=O)[nH]1)C(C)C. The van der Waals surface area contributed by atoms with Crippen LogP contribution in [0, 0.1) is 41.4 Å². The summed E-state index contributed by atoms with van der Waals surface area (Å²) in [5.41, 5.74) is 3.70. The standard InChI is InChI=1S/C61H92N6O12/c1-13-21-47(69)41(12)53(72)43(28-27-40(11)68)56(74)63-52(34(4)5)57(75)64-60(33-44(60)45-24-19-26-51(71)62-45)54-58(78-54)67-29-20-25-46(66-67)59(76)77-49(15-3)36(7)23-18-16-17-22-35(6)48(70)32-50-37(8)30-38(9)61(79-50)39(10)31-42(14-2)55(73)65-61/h13,16,18-19,21,23-24,26,30,34-35,37,39,41-44,46-50,52,54,58,66,69-70H,14-15,17,20,22,25,27-29,31-33H2,1-12H3,(H,62,71)(H,63,74)(H,64,75)(H,65,73)/b18-16+,21-13+,36-23+/t35-,37+,39-,41-,42-,43+,44?,46?,47-,48-,49-,50-,52-,54?,58?,60?,61-/m0/s1. The number of hydrogen-bond acceptors (Lipinski definition) is 14. The van der Waals surface area contributed by atoms with Gasteiger partial charge < -0.3 is 50.2 Å². The summed E-state index contributed by atoms with van der Waals surface area (Å²) in [5, 5.41) is 33.1. The van der Waals surface area contributed by atoms with E-state index in [1.54, 1.807) is 39.0 Å². The summed E-state index contributed by atoms with van der Waals surface area (Å²) in [4.78, 5) is 96.4. The van der Waals surface area contributed by atoms with E-state index in [-0.39, 0.29) is 65.8 Å². The number of hydrogen-bond donors (Lipinski definition) is 7. The Kier molecular flexibility index (Phi) is 22.0. The number of Topliss-reactive ketones (excluding diaryl/α,β-unsaturated/α-hetero) is 2. The van der Waals surface area contributed by atoms with Crippen molar-refractivity contribution >= 4 is 35.3 Å². The number of piperidine rings is 1. The van der Waals surface area contributed by atoms with Crippen LogP contribution in [0.4, 0.5) is 0 Å². The van der Waals surface area contributed by atoms with E-state index in [1.807, 2.05) is 51.8 Å². The fourth-order valence-corrected chi connectivity index (χ4v) is 12.0. The molecule has 4 aliphatic heterocycles. The van der Waals surface area contributed by atoms with Crippen LogP contribution in [0.1, 0.15) is 165 Å². The van der Waals surface area contributed by atoms with Crippen LogP contribution >= 0.6 is 0 Å². The Morgan fingerprint density at radius 2 is 1.76 bits per heavy atom. The summed E-state index contributed by atoms with van der Waals surface area (Å²) in [6, 6.07) is 3.07. The van der Waals surface area contributed by atoms with Crippen LogP contribution in [-0.2, 0) is 43.0 Å². The number of pyridine rings is 1. The normalized spacial score (nSPS) is 30.9. The van der Waals surface area contributed by atoms with E-state index in [9.17, 15) is 43.8 Å². The molecule has 3 saturated heterocycles. The number of hydrazine groups is 1. The molecule has 4 fully saturated rings. The summed E-state index contributed by atoms with van der Waals surface area (Å²) in [5.74, 6) is -5.20. The maximum atomic E-state index is 14.5. The van der Waals surface area contributed by atoms with Crippen molar-refractivity contribution in [1.82, 2.24) is 31.4 Å². The van der Waals surface area contributed by atoms with Gasteiger partial charge >= 0.3 is 5.97 Å². The number of allylic oxidation sites excluding steroid dienone is 4. The van der Waals surface area contributed by atoms with E-state index in [1.165, 1.54) is 26.0 Å². The minimum Gasteiger partial charge on any atom is -0.457 e.